The summed E-state index contributed by atoms with van der Waals surface area (Å²) in [6.07, 6.45) is 1.98. The van der Waals surface area contributed by atoms with Crippen LogP contribution >= 0.6 is 11.5 Å². The molecule has 0 aliphatic carbocycles. The first kappa shape index (κ1) is 13.8. The highest BCUT2D eigenvalue weighted by Crippen LogP contribution is 2.22. The zero-order chi connectivity index (χ0) is 14.3. The van der Waals surface area contributed by atoms with Crippen molar-refractivity contribution in [1.82, 2.24) is 4.37 Å². The van der Waals surface area contributed by atoms with Crippen molar-refractivity contribution in [3.05, 3.63) is 82.7 Å². The first-order valence-electron chi connectivity index (χ1n) is 7.06. The van der Waals surface area contributed by atoms with Crippen molar-refractivity contribution >= 4 is 11.5 Å². The Kier molecular flexibility index (Phi) is 4.64. The minimum absolute atomic E-state index is 0.572. The third-order valence-electron chi connectivity index (χ3n) is 3.35. The van der Waals surface area contributed by atoms with Gasteiger partial charge in [0.2, 0.25) is 5.88 Å². The lowest BCUT2D eigenvalue weighted by molar-refractivity contribution is 0.294. The second-order valence-electron chi connectivity index (χ2n) is 4.90. The van der Waals surface area contributed by atoms with E-state index in [-0.39, 0.29) is 0 Å². The number of ether oxygens (including phenoxy) is 1. The first-order valence-corrected chi connectivity index (χ1v) is 7.89. The van der Waals surface area contributed by atoms with Crippen LogP contribution in [-0.4, -0.2) is 4.37 Å². The number of benzene rings is 2. The third kappa shape index (κ3) is 3.92. The van der Waals surface area contributed by atoms with Crippen LogP contribution in [0.4, 0.5) is 0 Å². The van der Waals surface area contributed by atoms with E-state index in [0.717, 1.165) is 18.7 Å². The molecule has 0 unspecified atom stereocenters. The molecule has 0 radical (unpaired) electrons. The maximum Gasteiger partial charge on any atom is 0.228 e. The molecule has 21 heavy (non-hydrogen) atoms. The molecule has 0 aliphatic heterocycles. The number of nitrogens with zero attached hydrogens (tertiary/aromatic N) is 1. The Morgan fingerprint density at radius 1 is 0.810 bits per heavy atom. The normalized spacial score (nSPS) is 10.5. The number of hydrogen-bond donors (Lipinski definition) is 0. The minimum atomic E-state index is 0.572. The van der Waals surface area contributed by atoms with Crippen molar-refractivity contribution in [2.75, 3.05) is 0 Å². The second-order valence-corrected chi connectivity index (χ2v) is 5.53. The van der Waals surface area contributed by atoms with Gasteiger partial charge >= 0.3 is 0 Å². The van der Waals surface area contributed by atoms with Crippen molar-refractivity contribution in [2.45, 2.75) is 19.4 Å². The molecule has 3 aromatic rings. The number of hydrogen-bond acceptors (Lipinski definition) is 3. The molecule has 3 heteroatoms. The highest BCUT2D eigenvalue weighted by Gasteiger charge is 2.07. The topological polar surface area (TPSA) is 22.1 Å². The summed E-state index contributed by atoms with van der Waals surface area (Å²) in [7, 11) is 0. The summed E-state index contributed by atoms with van der Waals surface area (Å²) in [6, 6.07) is 20.7. The van der Waals surface area contributed by atoms with Crippen molar-refractivity contribution in [1.29, 1.82) is 0 Å². The Bertz CT molecular complexity index is 606. The molecule has 1 heterocycles. The third-order valence-corrected chi connectivity index (χ3v) is 4.01. The predicted molar refractivity (Wildman–Crippen MR) is 86.7 cm³/mol. The second kappa shape index (κ2) is 7.04. The number of rotatable bonds is 6. The molecular weight excluding hydrogens is 278 g/mol. The molecule has 1 aromatic heterocycles. The van der Waals surface area contributed by atoms with E-state index in [1.165, 1.54) is 28.2 Å². The fraction of sp³-hybridized carbons (Fsp3) is 0.167. The van der Waals surface area contributed by atoms with E-state index in [1.807, 2.05) is 24.3 Å². The zero-order valence-electron chi connectivity index (χ0n) is 11.7. The van der Waals surface area contributed by atoms with Crippen LogP contribution in [0.15, 0.2) is 66.0 Å². The summed E-state index contributed by atoms with van der Waals surface area (Å²) in [4.78, 5) is 0. The molecule has 0 atom stereocenters. The highest BCUT2D eigenvalue weighted by atomic mass is 32.1. The Morgan fingerprint density at radius 2 is 1.48 bits per heavy atom. The summed E-state index contributed by atoms with van der Waals surface area (Å²) in [6.45, 7) is 0.572. The van der Waals surface area contributed by atoms with Gasteiger partial charge in [-0.15, -0.1) is 0 Å². The van der Waals surface area contributed by atoms with Crippen LogP contribution in [-0.2, 0) is 19.4 Å². The Labute approximate surface area is 129 Å². The van der Waals surface area contributed by atoms with Gasteiger partial charge in [-0.3, -0.25) is 0 Å². The van der Waals surface area contributed by atoms with Gasteiger partial charge in [-0.2, -0.15) is 4.37 Å². The number of aromatic nitrogens is 1. The van der Waals surface area contributed by atoms with E-state index in [9.17, 15) is 0 Å². The van der Waals surface area contributed by atoms with Crippen molar-refractivity contribution < 1.29 is 4.74 Å². The summed E-state index contributed by atoms with van der Waals surface area (Å²) >= 11 is 1.46. The largest absolute Gasteiger partial charge is 0.472 e. The van der Waals surface area contributed by atoms with E-state index in [0.29, 0.717) is 6.61 Å². The maximum atomic E-state index is 5.85. The van der Waals surface area contributed by atoms with Gasteiger partial charge < -0.3 is 4.74 Å². The van der Waals surface area contributed by atoms with Gasteiger partial charge in [0, 0.05) is 10.9 Å². The number of aryl methyl sites for hydroxylation is 2. The van der Waals surface area contributed by atoms with Crippen LogP contribution in [0.2, 0.25) is 0 Å². The van der Waals surface area contributed by atoms with Crippen LogP contribution in [0.5, 0.6) is 5.88 Å². The van der Waals surface area contributed by atoms with Gasteiger partial charge in [-0.25, -0.2) is 0 Å². The molecular formula is C18H17NOS. The highest BCUT2D eigenvalue weighted by molar-refractivity contribution is 7.03. The van der Waals surface area contributed by atoms with E-state index in [1.54, 1.807) is 0 Å². The predicted octanol–water partition coefficient (Wildman–Crippen LogP) is 4.51. The summed E-state index contributed by atoms with van der Waals surface area (Å²) < 4.78 is 10.2. The molecule has 2 nitrogen and oxygen atoms in total. The summed E-state index contributed by atoms with van der Waals surface area (Å²) in [5, 5.41) is 2.09. The zero-order valence-corrected chi connectivity index (χ0v) is 12.6. The quantitative estimate of drug-likeness (QED) is 0.667. The molecule has 0 saturated carbocycles. The van der Waals surface area contributed by atoms with E-state index >= 15 is 0 Å². The molecule has 2 aromatic carbocycles. The lowest BCUT2D eigenvalue weighted by atomic mass is 10.1. The van der Waals surface area contributed by atoms with Gasteiger partial charge in [-0.1, -0.05) is 60.7 Å². The van der Waals surface area contributed by atoms with E-state index in [4.69, 9.17) is 4.74 Å². The molecule has 0 fully saturated rings. The smallest absolute Gasteiger partial charge is 0.228 e. The molecule has 0 saturated heterocycles. The molecule has 0 aliphatic rings. The molecule has 0 amide bonds. The average molecular weight is 295 g/mol. The lowest BCUT2D eigenvalue weighted by Gasteiger charge is -2.06. The average Bonchev–Trinajstić information content (AvgIpc) is 3.00. The molecule has 3 rings (SSSR count). The molecule has 0 N–H and O–H groups in total. The van der Waals surface area contributed by atoms with Gasteiger partial charge in [0.15, 0.2) is 0 Å². The van der Waals surface area contributed by atoms with Crippen molar-refractivity contribution in [2.24, 2.45) is 0 Å². The summed E-state index contributed by atoms with van der Waals surface area (Å²) in [5.41, 5.74) is 3.71. The molecule has 0 bridgehead atoms. The molecule has 106 valence electrons. The Morgan fingerprint density at radius 3 is 2.19 bits per heavy atom. The van der Waals surface area contributed by atoms with Gasteiger partial charge in [0.1, 0.15) is 6.61 Å². The van der Waals surface area contributed by atoms with Crippen molar-refractivity contribution in [3.8, 4) is 5.88 Å². The van der Waals surface area contributed by atoms with Crippen molar-refractivity contribution in [3.63, 3.8) is 0 Å². The fourth-order valence-electron chi connectivity index (χ4n) is 2.18. The van der Waals surface area contributed by atoms with Crippen LogP contribution in [0.25, 0.3) is 0 Å². The maximum absolute atomic E-state index is 5.85. The monoisotopic (exact) mass is 295 g/mol. The Hall–Kier alpha value is -2.13. The van der Waals surface area contributed by atoms with E-state index in [2.05, 4.69) is 46.2 Å². The SMILES string of the molecule is c1ccc(CCc2csnc2OCc2ccccc2)cc1. The summed E-state index contributed by atoms with van der Waals surface area (Å²) in [5.74, 6) is 0.778. The van der Waals surface area contributed by atoms with Crippen LogP contribution in [0.1, 0.15) is 16.7 Å². The van der Waals surface area contributed by atoms with Crippen LogP contribution in [0, 0.1) is 0 Å². The van der Waals surface area contributed by atoms with Crippen LogP contribution < -0.4 is 4.74 Å². The van der Waals surface area contributed by atoms with Gasteiger partial charge in [0.25, 0.3) is 0 Å². The van der Waals surface area contributed by atoms with Gasteiger partial charge in [-0.05, 0) is 35.5 Å². The Balaban J connectivity index is 1.59. The van der Waals surface area contributed by atoms with Gasteiger partial charge in [0.05, 0.1) is 0 Å². The van der Waals surface area contributed by atoms with E-state index < -0.39 is 0 Å². The standard InChI is InChI=1S/C18H17NOS/c1-3-7-15(8-4-1)11-12-17-14-21-19-18(17)20-13-16-9-5-2-6-10-16/h1-10,14H,11-13H2. The lowest BCUT2D eigenvalue weighted by Crippen LogP contribution is -1.99. The van der Waals surface area contributed by atoms with Crippen LogP contribution in [0.3, 0.4) is 0 Å². The molecule has 0 spiro atoms. The first-order chi connectivity index (χ1) is 10.4. The fourth-order valence-corrected chi connectivity index (χ4v) is 2.85. The minimum Gasteiger partial charge on any atom is -0.472 e.